The molecule has 88 valence electrons. The van der Waals surface area contributed by atoms with E-state index in [9.17, 15) is 0 Å². The summed E-state index contributed by atoms with van der Waals surface area (Å²) >= 11 is 3.31. The highest BCUT2D eigenvalue weighted by atomic mass is 32.2. The summed E-state index contributed by atoms with van der Waals surface area (Å²) in [5.41, 5.74) is 0. The summed E-state index contributed by atoms with van der Waals surface area (Å²) in [5.74, 6) is 0.982. The minimum Gasteiger partial charge on any atom is -0.377 e. The summed E-state index contributed by atoms with van der Waals surface area (Å²) in [7, 11) is 0. The van der Waals surface area contributed by atoms with Gasteiger partial charge in [-0.1, -0.05) is 29.2 Å². The van der Waals surface area contributed by atoms with Gasteiger partial charge in [-0.05, 0) is 12.8 Å². The van der Waals surface area contributed by atoms with Crippen LogP contribution in [-0.2, 0) is 4.74 Å². The van der Waals surface area contributed by atoms with Crippen molar-refractivity contribution in [1.82, 2.24) is 10.2 Å². The fourth-order valence-electron chi connectivity index (χ4n) is 1.44. The summed E-state index contributed by atoms with van der Waals surface area (Å²) in [5, 5.41) is 12.1. The van der Waals surface area contributed by atoms with Gasteiger partial charge in [0, 0.05) is 18.9 Å². The third kappa shape index (κ3) is 3.47. The first kappa shape index (κ1) is 11.9. The summed E-state index contributed by atoms with van der Waals surface area (Å²) in [6.45, 7) is 5.28. The fourth-order valence-corrected chi connectivity index (χ4v) is 3.29. The van der Waals surface area contributed by atoms with Crippen molar-refractivity contribution >= 4 is 28.2 Å². The summed E-state index contributed by atoms with van der Waals surface area (Å²) in [4.78, 5) is 0. The highest BCUT2D eigenvalue weighted by molar-refractivity contribution is 8.01. The molecule has 6 heteroatoms. The zero-order valence-corrected chi connectivity index (χ0v) is 10.6. The molecule has 1 saturated heterocycles. The minimum absolute atomic E-state index is 0.401. The molecule has 1 unspecified atom stereocenters. The lowest BCUT2D eigenvalue weighted by Crippen LogP contribution is -2.07. The zero-order valence-electron chi connectivity index (χ0n) is 9.02. The van der Waals surface area contributed by atoms with E-state index in [0.717, 1.165) is 28.4 Å². The molecule has 1 aliphatic rings. The number of nitrogens with zero attached hydrogens (tertiary/aromatic N) is 2. The van der Waals surface area contributed by atoms with Crippen molar-refractivity contribution in [2.45, 2.75) is 23.3 Å². The van der Waals surface area contributed by atoms with Crippen molar-refractivity contribution in [3.8, 4) is 0 Å². The van der Waals surface area contributed by atoms with Crippen LogP contribution >= 0.6 is 23.1 Å². The molecule has 2 heterocycles. The van der Waals surface area contributed by atoms with Crippen molar-refractivity contribution in [2.75, 3.05) is 24.2 Å². The molecule has 1 atom stereocenters. The van der Waals surface area contributed by atoms with Crippen molar-refractivity contribution in [2.24, 2.45) is 0 Å². The zero-order chi connectivity index (χ0) is 11.2. The molecule has 1 fully saturated rings. The lowest BCUT2D eigenvalue weighted by Gasteiger charge is -2.05. The van der Waals surface area contributed by atoms with E-state index in [1.807, 2.05) is 0 Å². The molecule has 4 nitrogen and oxygen atoms in total. The Bertz CT molecular complexity index is 337. The maximum Gasteiger partial charge on any atom is 0.206 e. The van der Waals surface area contributed by atoms with Crippen LogP contribution in [0.5, 0.6) is 0 Å². The molecule has 2 rings (SSSR count). The average Bonchev–Trinajstić information content (AvgIpc) is 2.95. The number of nitrogens with one attached hydrogen (secondary N) is 1. The first-order valence-electron chi connectivity index (χ1n) is 5.31. The fraction of sp³-hybridized carbons (Fsp3) is 0.600. The summed E-state index contributed by atoms with van der Waals surface area (Å²) in [6, 6.07) is 0. The van der Waals surface area contributed by atoms with E-state index in [-0.39, 0.29) is 0 Å². The Morgan fingerprint density at radius 3 is 3.31 bits per heavy atom. The lowest BCUT2D eigenvalue weighted by atomic mass is 10.3. The summed E-state index contributed by atoms with van der Waals surface area (Å²) in [6.07, 6.45) is 4.57. The first-order chi connectivity index (χ1) is 7.88. The Labute approximate surface area is 103 Å². The van der Waals surface area contributed by atoms with Crippen molar-refractivity contribution in [1.29, 1.82) is 0 Å². The molecule has 1 aromatic heterocycles. The van der Waals surface area contributed by atoms with E-state index in [0.29, 0.717) is 6.10 Å². The second-order valence-corrected chi connectivity index (χ2v) is 5.73. The first-order valence-corrected chi connectivity index (χ1v) is 7.11. The van der Waals surface area contributed by atoms with Crippen molar-refractivity contribution in [3.63, 3.8) is 0 Å². The van der Waals surface area contributed by atoms with E-state index in [1.54, 1.807) is 29.2 Å². The van der Waals surface area contributed by atoms with Gasteiger partial charge in [-0.2, -0.15) is 0 Å². The number of hydrogen-bond acceptors (Lipinski definition) is 6. The van der Waals surface area contributed by atoms with Gasteiger partial charge in [0.2, 0.25) is 5.13 Å². The molecule has 0 bridgehead atoms. The molecule has 0 spiro atoms. The van der Waals surface area contributed by atoms with E-state index in [4.69, 9.17) is 4.74 Å². The molecule has 0 amide bonds. The predicted octanol–water partition coefficient (Wildman–Crippen LogP) is 2.41. The van der Waals surface area contributed by atoms with Crippen molar-refractivity contribution in [3.05, 3.63) is 12.7 Å². The Morgan fingerprint density at radius 2 is 2.56 bits per heavy atom. The van der Waals surface area contributed by atoms with Crippen LogP contribution in [0.4, 0.5) is 5.13 Å². The van der Waals surface area contributed by atoms with Gasteiger partial charge < -0.3 is 10.1 Å². The maximum atomic E-state index is 5.55. The Hall–Kier alpha value is -0.590. The van der Waals surface area contributed by atoms with E-state index in [1.165, 1.54) is 12.8 Å². The number of rotatable bonds is 6. The topological polar surface area (TPSA) is 47.0 Å². The summed E-state index contributed by atoms with van der Waals surface area (Å²) < 4.78 is 6.55. The number of thioether (sulfide) groups is 1. The van der Waals surface area contributed by atoms with Crippen LogP contribution in [0, 0.1) is 0 Å². The second-order valence-electron chi connectivity index (χ2n) is 3.49. The lowest BCUT2D eigenvalue weighted by molar-refractivity contribution is 0.129. The number of aromatic nitrogens is 2. The van der Waals surface area contributed by atoms with Crippen LogP contribution in [-0.4, -0.2) is 35.2 Å². The third-order valence-electron chi connectivity index (χ3n) is 2.22. The van der Waals surface area contributed by atoms with Gasteiger partial charge in [0.05, 0.1) is 6.10 Å². The molecule has 1 aliphatic heterocycles. The van der Waals surface area contributed by atoms with Crippen LogP contribution in [0.1, 0.15) is 12.8 Å². The quantitative estimate of drug-likeness (QED) is 0.626. The van der Waals surface area contributed by atoms with Gasteiger partial charge in [-0.15, -0.1) is 16.8 Å². The van der Waals surface area contributed by atoms with Crippen LogP contribution in [0.25, 0.3) is 0 Å². The number of hydrogen-bond donors (Lipinski definition) is 1. The van der Waals surface area contributed by atoms with E-state index < -0.39 is 0 Å². The molecule has 0 aliphatic carbocycles. The van der Waals surface area contributed by atoms with Gasteiger partial charge in [-0.25, -0.2) is 0 Å². The maximum absolute atomic E-state index is 5.55. The van der Waals surface area contributed by atoms with Crippen LogP contribution < -0.4 is 5.32 Å². The molecule has 0 saturated carbocycles. The van der Waals surface area contributed by atoms with E-state index in [2.05, 4.69) is 22.1 Å². The molecular formula is C10H15N3OS2. The van der Waals surface area contributed by atoms with Crippen LogP contribution in [0.15, 0.2) is 17.0 Å². The second kappa shape index (κ2) is 6.22. The smallest absolute Gasteiger partial charge is 0.206 e. The third-order valence-corrected chi connectivity index (χ3v) is 4.37. The Kier molecular flexibility index (Phi) is 4.62. The standard InChI is InChI=1S/C10H15N3OS2/c1-2-5-11-9-12-13-10(16-9)15-7-8-4-3-6-14-8/h2,8H,1,3-7H2,(H,11,12). The SMILES string of the molecule is C=CCNc1nnc(SCC2CCCO2)s1. The minimum atomic E-state index is 0.401. The van der Waals surface area contributed by atoms with Gasteiger partial charge in [0.15, 0.2) is 4.34 Å². The van der Waals surface area contributed by atoms with Crippen molar-refractivity contribution < 1.29 is 4.74 Å². The molecule has 0 radical (unpaired) electrons. The molecular weight excluding hydrogens is 242 g/mol. The number of ether oxygens (including phenoxy) is 1. The molecule has 1 aromatic rings. The molecule has 16 heavy (non-hydrogen) atoms. The van der Waals surface area contributed by atoms with Gasteiger partial charge >= 0.3 is 0 Å². The van der Waals surface area contributed by atoms with Crippen LogP contribution in [0.2, 0.25) is 0 Å². The van der Waals surface area contributed by atoms with Gasteiger partial charge in [0.1, 0.15) is 0 Å². The molecule has 0 aromatic carbocycles. The van der Waals surface area contributed by atoms with Gasteiger partial charge in [0.25, 0.3) is 0 Å². The number of anilines is 1. The normalized spacial score (nSPS) is 19.9. The van der Waals surface area contributed by atoms with E-state index >= 15 is 0 Å². The van der Waals surface area contributed by atoms with Crippen LogP contribution in [0.3, 0.4) is 0 Å². The monoisotopic (exact) mass is 257 g/mol. The Balaban J connectivity index is 1.75. The predicted molar refractivity (Wildman–Crippen MR) is 68.3 cm³/mol. The highest BCUT2D eigenvalue weighted by Crippen LogP contribution is 2.28. The largest absolute Gasteiger partial charge is 0.377 e. The Morgan fingerprint density at radius 1 is 1.62 bits per heavy atom. The molecule has 1 N–H and O–H groups in total. The highest BCUT2D eigenvalue weighted by Gasteiger charge is 2.16. The van der Waals surface area contributed by atoms with Gasteiger partial charge in [-0.3, -0.25) is 0 Å². The average molecular weight is 257 g/mol.